The minimum absolute atomic E-state index is 0.190. The van der Waals surface area contributed by atoms with Crippen LogP contribution in [0.3, 0.4) is 0 Å². The standard InChI is InChI=1S/C14H28N2O3/c1-12(2)5-3-4-8-15-13(17)16-11-14(18)6-9-19-10-7-14/h12,18H,3-11H2,1-2H3,(H2,15,16,17). The molecule has 0 spiro atoms. The number of nitrogens with one attached hydrogen (secondary N) is 2. The van der Waals surface area contributed by atoms with E-state index in [2.05, 4.69) is 24.5 Å². The van der Waals surface area contributed by atoms with Crippen molar-refractivity contribution in [3.63, 3.8) is 0 Å². The van der Waals surface area contributed by atoms with Gasteiger partial charge in [0, 0.05) is 39.1 Å². The summed E-state index contributed by atoms with van der Waals surface area (Å²) in [4.78, 5) is 11.6. The number of carbonyl (C=O) groups is 1. The van der Waals surface area contributed by atoms with Crippen LogP contribution in [0.25, 0.3) is 0 Å². The molecule has 5 nitrogen and oxygen atoms in total. The van der Waals surface area contributed by atoms with E-state index in [9.17, 15) is 9.90 Å². The van der Waals surface area contributed by atoms with E-state index in [1.165, 1.54) is 6.42 Å². The van der Waals surface area contributed by atoms with Gasteiger partial charge in [-0.25, -0.2) is 4.79 Å². The third-order valence-electron chi connectivity index (χ3n) is 3.50. The van der Waals surface area contributed by atoms with Crippen LogP contribution in [0.2, 0.25) is 0 Å². The largest absolute Gasteiger partial charge is 0.388 e. The lowest BCUT2D eigenvalue weighted by Crippen LogP contribution is -2.49. The van der Waals surface area contributed by atoms with Crippen molar-refractivity contribution >= 4 is 6.03 Å². The average Bonchev–Trinajstić information content (AvgIpc) is 2.37. The molecule has 0 bridgehead atoms. The van der Waals surface area contributed by atoms with Gasteiger partial charge in [-0.3, -0.25) is 0 Å². The minimum atomic E-state index is -0.798. The van der Waals surface area contributed by atoms with E-state index in [0.717, 1.165) is 18.8 Å². The van der Waals surface area contributed by atoms with Crippen molar-refractivity contribution in [1.29, 1.82) is 0 Å². The Balaban J connectivity index is 2.04. The quantitative estimate of drug-likeness (QED) is 0.617. The van der Waals surface area contributed by atoms with Crippen molar-refractivity contribution in [1.82, 2.24) is 10.6 Å². The number of ether oxygens (including phenoxy) is 1. The molecule has 0 aromatic rings. The first-order valence-electron chi connectivity index (χ1n) is 7.34. The van der Waals surface area contributed by atoms with E-state index in [1.807, 2.05) is 0 Å². The lowest BCUT2D eigenvalue weighted by atomic mass is 9.94. The van der Waals surface area contributed by atoms with E-state index >= 15 is 0 Å². The van der Waals surface area contributed by atoms with Crippen molar-refractivity contribution in [2.45, 2.75) is 51.6 Å². The molecule has 112 valence electrons. The van der Waals surface area contributed by atoms with Gasteiger partial charge in [0.05, 0.1) is 5.60 Å². The molecule has 1 aliphatic heterocycles. The van der Waals surface area contributed by atoms with E-state index < -0.39 is 5.60 Å². The third kappa shape index (κ3) is 7.38. The molecule has 19 heavy (non-hydrogen) atoms. The van der Waals surface area contributed by atoms with E-state index in [1.54, 1.807) is 0 Å². The van der Waals surface area contributed by atoms with Crippen LogP contribution in [-0.4, -0.2) is 43.0 Å². The maximum absolute atomic E-state index is 11.6. The van der Waals surface area contributed by atoms with Gasteiger partial charge >= 0.3 is 6.03 Å². The predicted molar refractivity (Wildman–Crippen MR) is 75.1 cm³/mol. The Labute approximate surface area is 116 Å². The Hall–Kier alpha value is -0.810. The Morgan fingerprint density at radius 3 is 2.58 bits per heavy atom. The van der Waals surface area contributed by atoms with Crippen LogP contribution < -0.4 is 10.6 Å². The highest BCUT2D eigenvalue weighted by atomic mass is 16.5. The molecular weight excluding hydrogens is 244 g/mol. The molecule has 1 rings (SSSR count). The number of rotatable bonds is 7. The fraction of sp³-hybridized carbons (Fsp3) is 0.929. The molecule has 0 radical (unpaired) electrons. The zero-order valence-corrected chi connectivity index (χ0v) is 12.2. The van der Waals surface area contributed by atoms with Gasteiger partial charge in [0.2, 0.25) is 0 Å². The number of amides is 2. The molecule has 1 saturated heterocycles. The topological polar surface area (TPSA) is 70.6 Å². The number of urea groups is 1. The summed E-state index contributed by atoms with van der Waals surface area (Å²) in [6.45, 7) is 6.53. The van der Waals surface area contributed by atoms with Gasteiger partial charge in [-0.15, -0.1) is 0 Å². The summed E-state index contributed by atoms with van der Waals surface area (Å²) in [7, 11) is 0. The van der Waals surface area contributed by atoms with Gasteiger partial charge in [0.25, 0.3) is 0 Å². The smallest absolute Gasteiger partial charge is 0.314 e. The van der Waals surface area contributed by atoms with Crippen LogP contribution in [0, 0.1) is 5.92 Å². The molecule has 0 aromatic heterocycles. The molecule has 1 heterocycles. The van der Waals surface area contributed by atoms with Crippen LogP contribution in [0.5, 0.6) is 0 Å². The van der Waals surface area contributed by atoms with Gasteiger partial charge in [0.15, 0.2) is 0 Å². The molecule has 0 saturated carbocycles. The van der Waals surface area contributed by atoms with Gasteiger partial charge in [-0.05, 0) is 12.3 Å². The number of unbranched alkanes of at least 4 members (excludes halogenated alkanes) is 1. The second-order valence-electron chi connectivity index (χ2n) is 5.84. The Kier molecular flexibility index (Phi) is 7.16. The Morgan fingerprint density at radius 1 is 1.26 bits per heavy atom. The second-order valence-corrected chi connectivity index (χ2v) is 5.84. The second kappa shape index (κ2) is 8.38. The molecule has 0 aromatic carbocycles. The van der Waals surface area contributed by atoms with Crippen molar-refractivity contribution in [3.8, 4) is 0 Å². The summed E-state index contributed by atoms with van der Waals surface area (Å²) in [5.74, 6) is 0.719. The minimum Gasteiger partial charge on any atom is -0.388 e. The van der Waals surface area contributed by atoms with Crippen molar-refractivity contribution in [3.05, 3.63) is 0 Å². The molecule has 0 unspecified atom stereocenters. The zero-order valence-electron chi connectivity index (χ0n) is 12.2. The summed E-state index contributed by atoms with van der Waals surface area (Å²) in [6.07, 6.45) is 4.51. The fourth-order valence-electron chi connectivity index (χ4n) is 2.11. The number of hydrogen-bond acceptors (Lipinski definition) is 3. The molecule has 0 atom stereocenters. The summed E-state index contributed by atoms with van der Waals surface area (Å²) in [5, 5.41) is 15.7. The number of aliphatic hydroxyl groups is 1. The van der Waals surface area contributed by atoms with Gasteiger partial charge in [0.1, 0.15) is 0 Å². The maximum atomic E-state index is 11.6. The zero-order chi connectivity index (χ0) is 14.1. The summed E-state index contributed by atoms with van der Waals surface area (Å²) < 4.78 is 5.19. The average molecular weight is 272 g/mol. The molecule has 1 aliphatic rings. The van der Waals surface area contributed by atoms with E-state index in [0.29, 0.717) is 39.1 Å². The van der Waals surface area contributed by atoms with E-state index in [4.69, 9.17) is 4.74 Å². The fourth-order valence-corrected chi connectivity index (χ4v) is 2.11. The van der Waals surface area contributed by atoms with Crippen LogP contribution in [-0.2, 0) is 4.74 Å². The van der Waals surface area contributed by atoms with Crippen LogP contribution >= 0.6 is 0 Å². The Morgan fingerprint density at radius 2 is 1.95 bits per heavy atom. The Bertz CT molecular complexity index is 263. The van der Waals surface area contributed by atoms with Crippen LogP contribution in [0.1, 0.15) is 46.0 Å². The summed E-state index contributed by atoms with van der Waals surface area (Å²) in [6, 6.07) is -0.190. The molecule has 3 N–H and O–H groups in total. The first-order valence-corrected chi connectivity index (χ1v) is 7.34. The first-order chi connectivity index (χ1) is 9.02. The number of hydrogen-bond donors (Lipinski definition) is 3. The van der Waals surface area contributed by atoms with Crippen molar-refractivity contribution in [2.24, 2.45) is 5.92 Å². The first kappa shape index (κ1) is 16.2. The predicted octanol–water partition coefficient (Wildman–Crippen LogP) is 1.65. The van der Waals surface area contributed by atoms with Gasteiger partial charge in [-0.1, -0.05) is 26.7 Å². The molecule has 5 heteroatoms. The third-order valence-corrected chi connectivity index (χ3v) is 3.50. The highest BCUT2D eigenvalue weighted by Gasteiger charge is 2.29. The highest BCUT2D eigenvalue weighted by Crippen LogP contribution is 2.19. The lowest BCUT2D eigenvalue weighted by molar-refractivity contribution is -0.0600. The van der Waals surface area contributed by atoms with Crippen LogP contribution in [0.15, 0.2) is 0 Å². The van der Waals surface area contributed by atoms with Crippen molar-refractivity contribution < 1.29 is 14.6 Å². The normalized spacial score (nSPS) is 18.3. The van der Waals surface area contributed by atoms with Crippen molar-refractivity contribution in [2.75, 3.05) is 26.3 Å². The van der Waals surface area contributed by atoms with Gasteiger partial charge < -0.3 is 20.5 Å². The van der Waals surface area contributed by atoms with Gasteiger partial charge in [-0.2, -0.15) is 0 Å². The molecule has 1 fully saturated rings. The highest BCUT2D eigenvalue weighted by molar-refractivity contribution is 5.73. The number of carbonyl (C=O) groups excluding carboxylic acids is 1. The molecule has 2 amide bonds. The van der Waals surface area contributed by atoms with E-state index in [-0.39, 0.29) is 6.03 Å². The SMILES string of the molecule is CC(C)CCCCNC(=O)NCC1(O)CCOCC1. The van der Waals surface area contributed by atoms with Crippen LogP contribution in [0.4, 0.5) is 4.79 Å². The lowest BCUT2D eigenvalue weighted by Gasteiger charge is -2.32. The summed E-state index contributed by atoms with van der Waals surface area (Å²) in [5.41, 5.74) is -0.798. The monoisotopic (exact) mass is 272 g/mol. The summed E-state index contributed by atoms with van der Waals surface area (Å²) >= 11 is 0. The molecule has 0 aliphatic carbocycles. The molecular formula is C14H28N2O3. The maximum Gasteiger partial charge on any atom is 0.314 e.